The summed E-state index contributed by atoms with van der Waals surface area (Å²) in [4.78, 5) is 13.3. The zero-order valence-corrected chi connectivity index (χ0v) is 12.3. The molecule has 0 aromatic heterocycles. The molecule has 1 rings (SSSR count). The Balaban J connectivity index is 2.68. The fourth-order valence-corrected chi connectivity index (χ4v) is 4.68. The number of hydrogen-bond donors (Lipinski definition) is 0. The molecule has 1 heterocycles. The third-order valence-corrected chi connectivity index (χ3v) is 5.33. The lowest BCUT2D eigenvalue weighted by Gasteiger charge is -2.33. The molecule has 0 radical (unpaired) electrons. The van der Waals surface area contributed by atoms with Gasteiger partial charge in [0.2, 0.25) is 0 Å². The number of esters is 1. The lowest BCUT2D eigenvalue weighted by molar-refractivity contribution is -0.138. The van der Waals surface area contributed by atoms with Crippen molar-refractivity contribution in [3.8, 4) is 0 Å². The SMILES string of the molecule is C=C(CN1CCSCC1S(C)(=O)=O)C(=O)OCC. The van der Waals surface area contributed by atoms with Crippen LogP contribution in [0.15, 0.2) is 12.2 Å². The number of nitrogens with zero attached hydrogens (tertiary/aromatic N) is 1. The van der Waals surface area contributed by atoms with Gasteiger partial charge in [-0.2, -0.15) is 11.8 Å². The van der Waals surface area contributed by atoms with Gasteiger partial charge in [0, 0.05) is 36.4 Å². The highest BCUT2D eigenvalue weighted by Crippen LogP contribution is 2.21. The standard InChI is InChI=1S/C11H19NO4S2/c1-4-16-11(13)9(2)7-12-5-6-17-8-10(12)18(3,14)15/h10H,2,4-8H2,1,3H3. The van der Waals surface area contributed by atoms with Crippen LogP contribution in [-0.2, 0) is 19.4 Å². The second-order valence-corrected chi connectivity index (χ2v) is 7.51. The number of hydrogen-bond acceptors (Lipinski definition) is 6. The van der Waals surface area contributed by atoms with Gasteiger partial charge in [-0.05, 0) is 6.92 Å². The Hall–Kier alpha value is -0.530. The van der Waals surface area contributed by atoms with E-state index in [0.29, 0.717) is 24.5 Å². The second kappa shape index (κ2) is 6.58. The number of ether oxygens (including phenoxy) is 1. The molecular formula is C11H19NO4S2. The summed E-state index contributed by atoms with van der Waals surface area (Å²) in [5, 5.41) is -0.539. The zero-order chi connectivity index (χ0) is 13.8. The van der Waals surface area contributed by atoms with Crippen molar-refractivity contribution in [3.05, 3.63) is 12.2 Å². The third kappa shape index (κ3) is 4.29. The van der Waals surface area contributed by atoms with E-state index in [1.807, 2.05) is 0 Å². The van der Waals surface area contributed by atoms with E-state index in [2.05, 4.69) is 6.58 Å². The van der Waals surface area contributed by atoms with Crippen molar-refractivity contribution in [1.82, 2.24) is 4.90 Å². The molecule has 1 atom stereocenters. The minimum Gasteiger partial charge on any atom is -0.463 e. The molecule has 0 aliphatic carbocycles. The van der Waals surface area contributed by atoms with E-state index in [1.165, 1.54) is 6.26 Å². The molecule has 0 aromatic rings. The number of carbonyl (C=O) groups excluding carboxylic acids is 1. The summed E-state index contributed by atoms with van der Waals surface area (Å²) in [6.45, 7) is 6.57. The van der Waals surface area contributed by atoms with Crippen molar-refractivity contribution in [2.24, 2.45) is 0 Å². The molecule has 0 saturated carbocycles. The number of thioether (sulfide) groups is 1. The van der Waals surface area contributed by atoms with Crippen LogP contribution in [0.2, 0.25) is 0 Å². The first-order valence-electron chi connectivity index (χ1n) is 5.71. The van der Waals surface area contributed by atoms with Crippen LogP contribution in [0.3, 0.4) is 0 Å². The number of sulfone groups is 1. The maximum atomic E-state index is 11.7. The van der Waals surface area contributed by atoms with Gasteiger partial charge >= 0.3 is 5.97 Å². The Bertz CT molecular complexity index is 419. The van der Waals surface area contributed by atoms with Gasteiger partial charge < -0.3 is 4.74 Å². The molecule has 1 aliphatic heterocycles. The Morgan fingerprint density at radius 1 is 1.56 bits per heavy atom. The first kappa shape index (κ1) is 15.5. The quantitative estimate of drug-likeness (QED) is 0.544. The maximum absolute atomic E-state index is 11.7. The van der Waals surface area contributed by atoms with Crippen LogP contribution in [0.5, 0.6) is 0 Å². The van der Waals surface area contributed by atoms with Gasteiger partial charge in [0.05, 0.1) is 6.61 Å². The van der Waals surface area contributed by atoms with E-state index < -0.39 is 21.2 Å². The summed E-state index contributed by atoms with van der Waals surface area (Å²) in [6, 6.07) is 0. The lowest BCUT2D eigenvalue weighted by atomic mass is 10.3. The monoisotopic (exact) mass is 293 g/mol. The highest BCUT2D eigenvalue weighted by molar-refractivity contribution is 8.00. The summed E-state index contributed by atoms with van der Waals surface area (Å²) >= 11 is 1.61. The Morgan fingerprint density at radius 2 is 2.22 bits per heavy atom. The molecule has 1 saturated heterocycles. The predicted octanol–water partition coefficient (Wildman–Crippen LogP) is 0.525. The highest BCUT2D eigenvalue weighted by atomic mass is 32.2. The number of rotatable bonds is 5. The molecule has 0 amide bonds. The topological polar surface area (TPSA) is 63.7 Å². The fraction of sp³-hybridized carbons (Fsp3) is 0.727. The highest BCUT2D eigenvalue weighted by Gasteiger charge is 2.31. The normalized spacial score (nSPS) is 21.6. The zero-order valence-electron chi connectivity index (χ0n) is 10.7. The summed E-state index contributed by atoms with van der Waals surface area (Å²) in [7, 11) is -3.15. The average molecular weight is 293 g/mol. The van der Waals surface area contributed by atoms with E-state index in [0.717, 1.165) is 5.75 Å². The Kier molecular flexibility index (Phi) is 5.68. The second-order valence-electron chi connectivity index (χ2n) is 4.15. The smallest absolute Gasteiger partial charge is 0.334 e. The molecule has 104 valence electrons. The van der Waals surface area contributed by atoms with E-state index in [9.17, 15) is 13.2 Å². The van der Waals surface area contributed by atoms with Crippen molar-refractivity contribution in [3.63, 3.8) is 0 Å². The van der Waals surface area contributed by atoms with Gasteiger partial charge in [0.25, 0.3) is 0 Å². The molecule has 0 aromatic carbocycles. The minimum absolute atomic E-state index is 0.247. The van der Waals surface area contributed by atoms with Crippen molar-refractivity contribution in [2.45, 2.75) is 12.3 Å². The summed E-state index contributed by atoms with van der Waals surface area (Å²) in [6.07, 6.45) is 1.23. The maximum Gasteiger partial charge on any atom is 0.334 e. The summed E-state index contributed by atoms with van der Waals surface area (Å²) in [5.74, 6) is 0.944. The minimum atomic E-state index is -3.15. The molecule has 1 fully saturated rings. The summed E-state index contributed by atoms with van der Waals surface area (Å²) < 4.78 is 28.2. The number of carbonyl (C=O) groups is 1. The van der Waals surface area contributed by atoms with Gasteiger partial charge in [-0.3, -0.25) is 4.90 Å². The predicted molar refractivity (Wildman–Crippen MR) is 73.3 cm³/mol. The van der Waals surface area contributed by atoms with Crippen LogP contribution >= 0.6 is 11.8 Å². The van der Waals surface area contributed by atoms with E-state index in [-0.39, 0.29) is 6.54 Å². The molecule has 0 N–H and O–H groups in total. The molecule has 1 aliphatic rings. The van der Waals surface area contributed by atoms with Gasteiger partial charge in [-0.1, -0.05) is 6.58 Å². The van der Waals surface area contributed by atoms with Gasteiger partial charge in [-0.15, -0.1) is 0 Å². The van der Waals surface area contributed by atoms with E-state index in [1.54, 1.807) is 23.6 Å². The first-order chi connectivity index (χ1) is 8.36. The van der Waals surface area contributed by atoms with Crippen LogP contribution in [0, 0.1) is 0 Å². The first-order valence-corrected chi connectivity index (χ1v) is 8.82. The van der Waals surface area contributed by atoms with Crippen LogP contribution in [0.1, 0.15) is 6.92 Å². The van der Waals surface area contributed by atoms with Gasteiger partial charge in [-0.25, -0.2) is 13.2 Å². The van der Waals surface area contributed by atoms with Crippen molar-refractivity contribution < 1.29 is 17.9 Å². The molecule has 18 heavy (non-hydrogen) atoms. The average Bonchev–Trinajstić information content (AvgIpc) is 2.28. The Morgan fingerprint density at radius 3 is 2.78 bits per heavy atom. The fourth-order valence-electron chi connectivity index (χ4n) is 1.73. The molecule has 0 spiro atoms. The molecule has 0 bridgehead atoms. The largest absolute Gasteiger partial charge is 0.463 e. The summed E-state index contributed by atoms with van der Waals surface area (Å²) in [5.41, 5.74) is 0.303. The van der Waals surface area contributed by atoms with Crippen LogP contribution in [0.4, 0.5) is 0 Å². The van der Waals surface area contributed by atoms with Crippen LogP contribution < -0.4 is 0 Å². The van der Waals surface area contributed by atoms with Crippen molar-refractivity contribution >= 4 is 27.6 Å². The molecular weight excluding hydrogens is 274 g/mol. The molecule has 1 unspecified atom stereocenters. The van der Waals surface area contributed by atoms with Gasteiger partial charge in [0.15, 0.2) is 9.84 Å². The van der Waals surface area contributed by atoms with Crippen LogP contribution in [-0.4, -0.2) is 62.1 Å². The molecule has 5 nitrogen and oxygen atoms in total. The van der Waals surface area contributed by atoms with Gasteiger partial charge in [0.1, 0.15) is 5.37 Å². The molecule has 7 heteroatoms. The van der Waals surface area contributed by atoms with E-state index >= 15 is 0 Å². The Labute approximate surface area is 112 Å². The van der Waals surface area contributed by atoms with Crippen LogP contribution in [0.25, 0.3) is 0 Å². The lowest BCUT2D eigenvalue weighted by Crippen LogP contribution is -2.48. The third-order valence-electron chi connectivity index (χ3n) is 2.64. The van der Waals surface area contributed by atoms with Crippen molar-refractivity contribution in [1.29, 1.82) is 0 Å². The van der Waals surface area contributed by atoms with Crippen molar-refractivity contribution in [2.75, 3.05) is 37.5 Å². The van der Waals surface area contributed by atoms with E-state index in [4.69, 9.17) is 4.74 Å².